The van der Waals surface area contributed by atoms with Crippen LogP contribution in [0, 0.1) is 17.2 Å². The lowest BCUT2D eigenvalue weighted by Gasteiger charge is -2.40. The summed E-state index contributed by atoms with van der Waals surface area (Å²) < 4.78 is 19.0. The van der Waals surface area contributed by atoms with Crippen LogP contribution < -0.4 is 0 Å². The van der Waals surface area contributed by atoms with Crippen LogP contribution in [0.2, 0.25) is 0 Å². The molecule has 0 aromatic heterocycles. The highest BCUT2D eigenvalue weighted by molar-refractivity contribution is 6.01. The Morgan fingerprint density at radius 2 is 2.14 bits per heavy atom. The van der Waals surface area contributed by atoms with Gasteiger partial charge in [0.25, 0.3) is 0 Å². The van der Waals surface area contributed by atoms with Crippen molar-refractivity contribution in [2.75, 3.05) is 26.2 Å². The molecule has 3 aliphatic rings. The number of carbonyl (C=O) groups is 1. The van der Waals surface area contributed by atoms with Crippen LogP contribution >= 0.6 is 0 Å². The van der Waals surface area contributed by atoms with Crippen molar-refractivity contribution in [2.24, 2.45) is 16.5 Å². The predicted octanol–water partition coefficient (Wildman–Crippen LogP) is 3.76. The molecule has 1 aromatic rings. The second kappa shape index (κ2) is 8.19. The normalized spacial score (nSPS) is 24.5. The Morgan fingerprint density at radius 3 is 2.82 bits per heavy atom. The fourth-order valence-electron chi connectivity index (χ4n) is 4.42. The van der Waals surface area contributed by atoms with Gasteiger partial charge in [-0.15, -0.1) is 0 Å². The molecule has 0 amide bonds. The van der Waals surface area contributed by atoms with Gasteiger partial charge in [0.05, 0.1) is 17.7 Å². The molecule has 2 heterocycles. The summed E-state index contributed by atoms with van der Waals surface area (Å²) in [5, 5.41) is 4.18. The van der Waals surface area contributed by atoms with Crippen molar-refractivity contribution < 1.29 is 18.8 Å². The summed E-state index contributed by atoms with van der Waals surface area (Å²) in [6.45, 7) is 5.26. The fourth-order valence-corrected chi connectivity index (χ4v) is 4.42. The van der Waals surface area contributed by atoms with Gasteiger partial charge in [-0.25, -0.2) is 4.39 Å². The minimum atomic E-state index is -0.506. The molecule has 0 unspecified atom stereocenters. The minimum absolute atomic E-state index is 0.108. The van der Waals surface area contributed by atoms with E-state index in [4.69, 9.17) is 9.57 Å². The van der Waals surface area contributed by atoms with Crippen molar-refractivity contribution in [3.63, 3.8) is 0 Å². The van der Waals surface area contributed by atoms with Gasteiger partial charge in [0.1, 0.15) is 11.9 Å². The maximum atomic E-state index is 13.5. The van der Waals surface area contributed by atoms with Crippen LogP contribution in [0.4, 0.5) is 4.39 Å². The van der Waals surface area contributed by atoms with Crippen molar-refractivity contribution in [2.45, 2.75) is 51.6 Å². The third-order valence-corrected chi connectivity index (χ3v) is 6.24. The van der Waals surface area contributed by atoms with Crippen molar-refractivity contribution in [1.82, 2.24) is 4.90 Å². The molecular weight excluding hydrogens is 359 g/mol. The number of oxime groups is 1. The van der Waals surface area contributed by atoms with E-state index < -0.39 is 5.41 Å². The van der Waals surface area contributed by atoms with Gasteiger partial charge in [0.2, 0.25) is 0 Å². The molecular formula is C22H29FN2O3. The first-order valence-electron chi connectivity index (χ1n) is 10.5. The molecule has 0 spiro atoms. The van der Waals surface area contributed by atoms with Crippen LogP contribution in [0.5, 0.6) is 0 Å². The zero-order chi connectivity index (χ0) is 19.6. The molecule has 1 saturated heterocycles. The summed E-state index contributed by atoms with van der Waals surface area (Å²) in [6, 6.07) is 6.41. The number of rotatable bonds is 7. The van der Waals surface area contributed by atoms with Gasteiger partial charge in [-0.1, -0.05) is 17.3 Å². The van der Waals surface area contributed by atoms with E-state index in [1.165, 1.54) is 25.0 Å². The molecule has 1 atom stereocenters. The van der Waals surface area contributed by atoms with Crippen LogP contribution in [0.3, 0.4) is 0 Å². The van der Waals surface area contributed by atoms with E-state index in [9.17, 15) is 9.18 Å². The third-order valence-electron chi connectivity index (χ3n) is 6.24. The van der Waals surface area contributed by atoms with Crippen LogP contribution in [0.15, 0.2) is 29.4 Å². The van der Waals surface area contributed by atoms with E-state index in [1.807, 2.05) is 13.0 Å². The van der Waals surface area contributed by atoms with Gasteiger partial charge < -0.3 is 14.5 Å². The standard InChI is InChI=1S/C22H29FN2O3/c1-2-27-21(26)22(8-10-25(11-9-22)15-16-6-7-16)14-19-13-20(24-28-19)17-4-3-5-18(23)12-17/h3-5,12,16,19H,2,6-11,13-15H2,1H3/t19-/m1/s1. The summed E-state index contributed by atoms with van der Waals surface area (Å²) in [4.78, 5) is 21.0. The van der Waals surface area contributed by atoms with Gasteiger partial charge in [0.15, 0.2) is 0 Å². The number of likely N-dealkylation sites (tertiary alicyclic amines) is 1. The number of carbonyl (C=O) groups excluding carboxylic acids is 1. The maximum absolute atomic E-state index is 13.5. The fraction of sp³-hybridized carbons (Fsp3) is 0.636. The van der Waals surface area contributed by atoms with Gasteiger partial charge in [-0.3, -0.25) is 4.79 Å². The van der Waals surface area contributed by atoms with E-state index in [-0.39, 0.29) is 17.9 Å². The molecule has 4 rings (SSSR count). The first kappa shape index (κ1) is 19.4. The number of nitrogens with zero attached hydrogens (tertiary/aromatic N) is 2. The quantitative estimate of drug-likeness (QED) is 0.668. The van der Waals surface area contributed by atoms with Crippen molar-refractivity contribution in [3.8, 4) is 0 Å². The molecule has 28 heavy (non-hydrogen) atoms. The molecule has 1 aromatic carbocycles. The minimum Gasteiger partial charge on any atom is -0.466 e. The largest absolute Gasteiger partial charge is 0.466 e. The Balaban J connectivity index is 1.40. The summed E-state index contributed by atoms with van der Waals surface area (Å²) in [5.74, 6) is 0.467. The molecule has 1 saturated carbocycles. The number of piperidine rings is 1. The Labute approximate surface area is 165 Å². The monoisotopic (exact) mass is 388 g/mol. The van der Waals surface area contributed by atoms with Crippen molar-refractivity contribution in [3.05, 3.63) is 35.6 Å². The average molecular weight is 388 g/mol. The highest BCUT2D eigenvalue weighted by Gasteiger charge is 2.46. The van der Waals surface area contributed by atoms with E-state index in [0.29, 0.717) is 19.4 Å². The Morgan fingerprint density at radius 1 is 1.36 bits per heavy atom. The zero-order valence-electron chi connectivity index (χ0n) is 16.5. The Hall–Kier alpha value is -1.95. The van der Waals surface area contributed by atoms with Gasteiger partial charge in [-0.2, -0.15) is 0 Å². The SMILES string of the molecule is CCOC(=O)C1(C[C@H]2CC(c3cccc(F)c3)=NO2)CCN(CC2CC2)CC1. The second-order valence-electron chi connectivity index (χ2n) is 8.43. The second-order valence-corrected chi connectivity index (χ2v) is 8.43. The highest BCUT2D eigenvalue weighted by Crippen LogP contribution is 2.41. The summed E-state index contributed by atoms with van der Waals surface area (Å²) in [5.41, 5.74) is 0.981. The van der Waals surface area contributed by atoms with Crippen LogP contribution in [-0.4, -0.2) is 48.9 Å². The average Bonchev–Trinajstić information content (AvgIpc) is 3.39. The molecule has 2 aliphatic heterocycles. The van der Waals surface area contributed by atoms with Crippen LogP contribution in [-0.2, 0) is 14.4 Å². The van der Waals surface area contributed by atoms with Crippen LogP contribution in [0.1, 0.15) is 51.0 Å². The predicted molar refractivity (Wildman–Crippen MR) is 105 cm³/mol. The van der Waals surface area contributed by atoms with Crippen molar-refractivity contribution >= 4 is 11.7 Å². The number of hydrogen-bond acceptors (Lipinski definition) is 5. The lowest BCUT2D eigenvalue weighted by Crippen LogP contribution is -2.47. The maximum Gasteiger partial charge on any atom is 0.312 e. The molecule has 1 aliphatic carbocycles. The van der Waals surface area contributed by atoms with E-state index in [2.05, 4.69) is 10.1 Å². The molecule has 0 radical (unpaired) electrons. The van der Waals surface area contributed by atoms with E-state index >= 15 is 0 Å². The van der Waals surface area contributed by atoms with Gasteiger partial charge >= 0.3 is 5.97 Å². The number of halogens is 1. The summed E-state index contributed by atoms with van der Waals surface area (Å²) in [6.07, 6.45) is 5.31. The Bertz CT molecular complexity index is 739. The molecule has 0 N–H and O–H groups in total. The smallest absolute Gasteiger partial charge is 0.312 e. The Kier molecular flexibility index (Phi) is 5.67. The molecule has 152 valence electrons. The number of benzene rings is 1. The summed E-state index contributed by atoms with van der Waals surface area (Å²) >= 11 is 0. The van der Waals surface area contributed by atoms with Crippen LogP contribution in [0.25, 0.3) is 0 Å². The molecule has 5 nitrogen and oxygen atoms in total. The number of ether oxygens (including phenoxy) is 1. The molecule has 2 fully saturated rings. The first-order chi connectivity index (χ1) is 13.6. The van der Waals surface area contributed by atoms with E-state index in [1.54, 1.807) is 6.07 Å². The van der Waals surface area contributed by atoms with Gasteiger partial charge in [0, 0.05) is 24.9 Å². The number of hydrogen-bond donors (Lipinski definition) is 0. The highest BCUT2D eigenvalue weighted by atomic mass is 19.1. The molecule has 6 heteroatoms. The zero-order valence-corrected chi connectivity index (χ0v) is 16.5. The number of esters is 1. The lowest BCUT2D eigenvalue weighted by atomic mass is 9.73. The van der Waals surface area contributed by atoms with E-state index in [0.717, 1.165) is 49.7 Å². The summed E-state index contributed by atoms with van der Waals surface area (Å²) in [7, 11) is 0. The lowest BCUT2D eigenvalue weighted by molar-refractivity contribution is -0.161. The first-order valence-corrected chi connectivity index (χ1v) is 10.5. The third kappa shape index (κ3) is 4.37. The topological polar surface area (TPSA) is 51.1 Å². The van der Waals surface area contributed by atoms with Gasteiger partial charge in [-0.05, 0) is 63.7 Å². The van der Waals surface area contributed by atoms with Crippen molar-refractivity contribution in [1.29, 1.82) is 0 Å². The molecule has 0 bridgehead atoms.